The number of hydrogen-bond acceptors (Lipinski definition) is 6. The van der Waals surface area contributed by atoms with Crippen molar-refractivity contribution in [2.75, 3.05) is 13.2 Å². The topological polar surface area (TPSA) is 78.9 Å². The first-order valence-electron chi connectivity index (χ1n) is 31.6. The van der Waals surface area contributed by atoms with Crippen LogP contribution in [-0.4, -0.2) is 37.2 Å². The molecule has 0 fully saturated rings. The Bertz CT molecular complexity index is 1250. The summed E-state index contributed by atoms with van der Waals surface area (Å²) >= 11 is 0. The summed E-state index contributed by atoms with van der Waals surface area (Å²) in [5, 5.41) is 0. The Morgan fingerprint density at radius 2 is 0.542 bits per heavy atom. The summed E-state index contributed by atoms with van der Waals surface area (Å²) in [6.07, 6.45) is 75.4. The molecule has 0 heterocycles. The zero-order valence-corrected chi connectivity index (χ0v) is 48.2. The minimum Gasteiger partial charge on any atom is -0.462 e. The molecule has 0 aromatic rings. The molecule has 6 nitrogen and oxygen atoms in total. The van der Waals surface area contributed by atoms with Crippen molar-refractivity contribution in [1.29, 1.82) is 0 Å². The molecule has 0 aliphatic heterocycles. The van der Waals surface area contributed by atoms with Gasteiger partial charge in [-0.2, -0.15) is 0 Å². The summed E-state index contributed by atoms with van der Waals surface area (Å²) in [5.41, 5.74) is 0. The van der Waals surface area contributed by atoms with Crippen molar-refractivity contribution in [3.05, 3.63) is 48.6 Å². The average Bonchev–Trinajstić information content (AvgIpc) is 3.38. The van der Waals surface area contributed by atoms with E-state index in [9.17, 15) is 14.4 Å². The number of unbranched alkanes of at least 4 members (excludes halogenated alkanes) is 39. The van der Waals surface area contributed by atoms with Gasteiger partial charge in [-0.05, 0) is 57.8 Å². The fourth-order valence-electron chi connectivity index (χ4n) is 9.38. The number of rotatable bonds is 58. The standard InChI is InChI=1S/C66H120O6/c1-4-7-10-13-16-19-22-25-27-29-30-31-32-33-34-35-36-37-39-41-44-47-50-53-56-59-65(68)71-62-63(61-70-64(67)58-55-52-49-46-43-40-24-21-18-15-12-9-6-3)72-66(69)60-57-54-51-48-45-42-38-28-26-23-20-17-14-11-8-5-2/h7,10,16,19,25,27,30-31,63H,4-6,8-9,11-15,17-18,20-24,26,28-29,32-62H2,1-3H3/b10-7-,19-16-,27-25-,31-30-. The highest BCUT2D eigenvalue weighted by Crippen LogP contribution is 2.17. The summed E-state index contributed by atoms with van der Waals surface area (Å²) in [4.78, 5) is 38.3. The Hall–Kier alpha value is -2.63. The minimum absolute atomic E-state index is 0.0675. The molecule has 0 saturated heterocycles. The molecule has 0 spiro atoms. The zero-order chi connectivity index (χ0) is 52.2. The summed E-state index contributed by atoms with van der Waals surface area (Å²) in [5.74, 6) is -0.847. The summed E-state index contributed by atoms with van der Waals surface area (Å²) in [7, 11) is 0. The van der Waals surface area contributed by atoms with Crippen LogP contribution in [0.4, 0.5) is 0 Å². The molecule has 72 heavy (non-hydrogen) atoms. The Labute approximate surface area is 448 Å². The Morgan fingerprint density at radius 3 is 0.847 bits per heavy atom. The van der Waals surface area contributed by atoms with E-state index in [1.165, 1.54) is 212 Å². The van der Waals surface area contributed by atoms with Gasteiger partial charge in [-0.1, -0.05) is 307 Å². The van der Waals surface area contributed by atoms with Crippen LogP contribution in [0, 0.1) is 0 Å². The van der Waals surface area contributed by atoms with Crippen molar-refractivity contribution in [3.8, 4) is 0 Å². The average molecular weight is 1010 g/mol. The van der Waals surface area contributed by atoms with Crippen LogP contribution in [0.5, 0.6) is 0 Å². The molecule has 0 rings (SSSR count). The van der Waals surface area contributed by atoms with E-state index >= 15 is 0 Å². The van der Waals surface area contributed by atoms with E-state index in [0.29, 0.717) is 19.3 Å². The lowest BCUT2D eigenvalue weighted by Crippen LogP contribution is -2.30. The number of hydrogen-bond donors (Lipinski definition) is 0. The van der Waals surface area contributed by atoms with Gasteiger partial charge in [0.1, 0.15) is 13.2 Å². The zero-order valence-electron chi connectivity index (χ0n) is 48.2. The van der Waals surface area contributed by atoms with Gasteiger partial charge in [0.2, 0.25) is 0 Å². The Morgan fingerprint density at radius 1 is 0.292 bits per heavy atom. The first-order chi connectivity index (χ1) is 35.5. The van der Waals surface area contributed by atoms with Gasteiger partial charge in [0, 0.05) is 19.3 Å². The van der Waals surface area contributed by atoms with Gasteiger partial charge in [-0.25, -0.2) is 0 Å². The first-order valence-corrected chi connectivity index (χ1v) is 31.6. The maximum atomic E-state index is 12.9. The van der Waals surface area contributed by atoms with Crippen molar-refractivity contribution < 1.29 is 28.6 Å². The van der Waals surface area contributed by atoms with Gasteiger partial charge >= 0.3 is 17.9 Å². The second-order valence-electron chi connectivity index (χ2n) is 21.3. The van der Waals surface area contributed by atoms with E-state index in [-0.39, 0.29) is 31.1 Å². The van der Waals surface area contributed by atoms with E-state index in [2.05, 4.69) is 69.4 Å². The van der Waals surface area contributed by atoms with Crippen molar-refractivity contribution in [3.63, 3.8) is 0 Å². The van der Waals surface area contributed by atoms with E-state index in [4.69, 9.17) is 14.2 Å². The third-order valence-corrected chi connectivity index (χ3v) is 14.1. The molecule has 0 saturated carbocycles. The van der Waals surface area contributed by atoms with Crippen LogP contribution in [0.25, 0.3) is 0 Å². The van der Waals surface area contributed by atoms with Gasteiger partial charge < -0.3 is 14.2 Å². The monoisotopic (exact) mass is 1010 g/mol. The molecule has 6 heteroatoms. The van der Waals surface area contributed by atoms with Gasteiger partial charge in [0.05, 0.1) is 0 Å². The highest BCUT2D eigenvalue weighted by molar-refractivity contribution is 5.71. The fourth-order valence-corrected chi connectivity index (χ4v) is 9.38. The molecule has 420 valence electrons. The molecule has 0 radical (unpaired) electrons. The Balaban J connectivity index is 4.25. The largest absolute Gasteiger partial charge is 0.462 e. The van der Waals surface area contributed by atoms with Crippen LogP contribution in [0.1, 0.15) is 335 Å². The maximum Gasteiger partial charge on any atom is 0.306 e. The first kappa shape index (κ1) is 69.4. The third kappa shape index (κ3) is 58.3. The van der Waals surface area contributed by atoms with Crippen molar-refractivity contribution in [2.24, 2.45) is 0 Å². The minimum atomic E-state index is -0.769. The van der Waals surface area contributed by atoms with Crippen LogP contribution in [0.2, 0.25) is 0 Å². The molecule has 0 bridgehead atoms. The lowest BCUT2D eigenvalue weighted by atomic mass is 10.0. The Kier molecular flexibility index (Phi) is 58.7. The van der Waals surface area contributed by atoms with E-state index in [1.807, 2.05) is 0 Å². The molecule has 0 aromatic carbocycles. The fraction of sp³-hybridized carbons (Fsp3) is 0.833. The second kappa shape index (κ2) is 60.9. The highest BCUT2D eigenvalue weighted by atomic mass is 16.6. The van der Waals surface area contributed by atoms with Gasteiger partial charge in [0.25, 0.3) is 0 Å². The number of allylic oxidation sites excluding steroid dienone is 8. The number of ether oxygens (including phenoxy) is 3. The summed E-state index contributed by atoms with van der Waals surface area (Å²) < 4.78 is 16.9. The molecular formula is C66H120O6. The molecule has 0 aliphatic carbocycles. The van der Waals surface area contributed by atoms with Crippen LogP contribution in [0.3, 0.4) is 0 Å². The van der Waals surface area contributed by atoms with Crippen LogP contribution >= 0.6 is 0 Å². The molecular weight excluding hydrogens is 889 g/mol. The molecule has 0 amide bonds. The van der Waals surface area contributed by atoms with Crippen molar-refractivity contribution in [1.82, 2.24) is 0 Å². The smallest absolute Gasteiger partial charge is 0.306 e. The number of carbonyl (C=O) groups excluding carboxylic acids is 3. The highest BCUT2D eigenvalue weighted by Gasteiger charge is 2.19. The van der Waals surface area contributed by atoms with Gasteiger partial charge in [-0.3, -0.25) is 14.4 Å². The molecule has 0 aromatic heterocycles. The van der Waals surface area contributed by atoms with E-state index in [1.54, 1.807) is 0 Å². The second-order valence-corrected chi connectivity index (χ2v) is 21.3. The van der Waals surface area contributed by atoms with E-state index in [0.717, 1.165) is 83.5 Å². The van der Waals surface area contributed by atoms with Crippen molar-refractivity contribution in [2.45, 2.75) is 341 Å². The number of esters is 3. The maximum absolute atomic E-state index is 12.9. The van der Waals surface area contributed by atoms with Crippen LogP contribution < -0.4 is 0 Å². The van der Waals surface area contributed by atoms with Crippen LogP contribution in [-0.2, 0) is 28.6 Å². The lowest BCUT2D eigenvalue weighted by Gasteiger charge is -2.18. The predicted molar refractivity (Wildman–Crippen MR) is 312 cm³/mol. The molecule has 0 N–H and O–H groups in total. The van der Waals surface area contributed by atoms with Gasteiger partial charge in [-0.15, -0.1) is 0 Å². The summed E-state index contributed by atoms with van der Waals surface area (Å²) in [6, 6.07) is 0. The third-order valence-electron chi connectivity index (χ3n) is 14.1. The number of carbonyl (C=O) groups is 3. The molecule has 0 aliphatic rings. The lowest BCUT2D eigenvalue weighted by molar-refractivity contribution is -0.167. The normalized spacial score (nSPS) is 12.3. The van der Waals surface area contributed by atoms with Crippen molar-refractivity contribution >= 4 is 17.9 Å². The van der Waals surface area contributed by atoms with Crippen LogP contribution in [0.15, 0.2) is 48.6 Å². The molecule has 1 unspecified atom stereocenters. The SMILES string of the molecule is CC/C=C\C/C=C\C/C=C\C/C=C\CCCCCCCCCCCCCCC(=O)OCC(COC(=O)CCCCCCCCCCCCCCC)OC(=O)CCCCCCCCCCCCCCCCCC. The van der Waals surface area contributed by atoms with E-state index < -0.39 is 6.10 Å². The quantitative estimate of drug-likeness (QED) is 0.0261. The summed E-state index contributed by atoms with van der Waals surface area (Å²) in [6.45, 7) is 6.58. The predicted octanol–water partition coefficient (Wildman–Crippen LogP) is 21.4. The molecule has 1 atom stereocenters. The van der Waals surface area contributed by atoms with Gasteiger partial charge in [0.15, 0.2) is 6.10 Å².